The molecule has 116 valence electrons. The minimum absolute atomic E-state index is 0.128. The Bertz CT molecular complexity index is 445. The van der Waals surface area contributed by atoms with E-state index in [1.807, 2.05) is 31.2 Å². The van der Waals surface area contributed by atoms with Crippen molar-refractivity contribution in [1.29, 1.82) is 0 Å². The molecule has 0 spiro atoms. The fraction of sp³-hybridized carbons (Fsp3) is 0.562. The van der Waals surface area contributed by atoms with Crippen molar-refractivity contribution in [3.8, 4) is 11.5 Å². The van der Waals surface area contributed by atoms with E-state index >= 15 is 0 Å². The Morgan fingerprint density at radius 3 is 2.48 bits per heavy atom. The van der Waals surface area contributed by atoms with Gasteiger partial charge in [-0.15, -0.1) is 0 Å². The van der Waals surface area contributed by atoms with Gasteiger partial charge < -0.3 is 20.1 Å². The summed E-state index contributed by atoms with van der Waals surface area (Å²) in [6.45, 7) is 2.63. The lowest BCUT2D eigenvalue weighted by Gasteiger charge is -2.22. The van der Waals surface area contributed by atoms with E-state index in [4.69, 9.17) is 9.47 Å². The summed E-state index contributed by atoms with van der Waals surface area (Å²) >= 11 is 0. The van der Waals surface area contributed by atoms with Gasteiger partial charge in [0.1, 0.15) is 0 Å². The number of hydrogen-bond acceptors (Lipinski definition) is 3. The maximum atomic E-state index is 11.8. The number of benzene rings is 1. The summed E-state index contributed by atoms with van der Waals surface area (Å²) in [6.07, 6.45) is 5.81. The molecule has 2 rings (SSSR count). The number of amides is 2. The zero-order valence-electron chi connectivity index (χ0n) is 12.6. The van der Waals surface area contributed by atoms with Crippen LogP contribution in [-0.2, 0) is 0 Å². The van der Waals surface area contributed by atoms with Crippen molar-refractivity contribution in [2.24, 2.45) is 0 Å². The van der Waals surface area contributed by atoms with Crippen LogP contribution in [0.5, 0.6) is 11.5 Å². The Labute approximate surface area is 126 Å². The molecule has 1 aliphatic carbocycles. The molecular weight excluding hydrogens is 268 g/mol. The summed E-state index contributed by atoms with van der Waals surface area (Å²) in [4.78, 5) is 11.8. The van der Waals surface area contributed by atoms with Crippen LogP contribution in [0, 0.1) is 0 Å². The van der Waals surface area contributed by atoms with E-state index in [1.165, 1.54) is 19.3 Å². The lowest BCUT2D eigenvalue weighted by Crippen LogP contribution is -2.44. The van der Waals surface area contributed by atoms with E-state index in [-0.39, 0.29) is 12.8 Å². The molecule has 0 heterocycles. The molecule has 1 aliphatic rings. The number of hydrogen-bond donors (Lipinski definition) is 2. The highest BCUT2D eigenvalue weighted by Crippen LogP contribution is 2.25. The average Bonchev–Trinajstić information content (AvgIpc) is 2.50. The molecule has 21 heavy (non-hydrogen) atoms. The topological polar surface area (TPSA) is 59.6 Å². The van der Waals surface area contributed by atoms with Crippen LogP contribution in [0.1, 0.15) is 39.0 Å². The van der Waals surface area contributed by atoms with Crippen molar-refractivity contribution in [2.75, 3.05) is 13.3 Å². The molecule has 0 atom stereocenters. The molecule has 2 N–H and O–H groups in total. The van der Waals surface area contributed by atoms with Gasteiger partial charge in [0.05, 0.1) is 6.61 Å². The Balaban J connectivity index is 1.72. The summed E-state index contributed by atoms with van der Waals surface area (Å²) in [5.41, 5.74) is 0. The number of ether oxygens (including phenoxy) is 2. The number of para-hydroxylation sites is 2. The first kappa shape index (κ1) is 15.5. The van der Waals surface area contributed by atoms with Gasteiger partial charge in [-0.25, -0.2) is 4.79 Å². The van der Waals surface area contributed by atoms with Crippen molar-refractivity contribution < 1.29 is 14.3 Å². The maximum Gasteiger partial charge on any atom is 0.317 e. The summed E-state index contributed by atoms with van der Waals surface area (Å²) in [6, 6.07) is 7.57. The molecule has 0 unspecified atom stereocenters. The second-order valence-corrected chi connectivity index (χ2v) is 5.15. The first-order chi connectivity index (χ1) is 10.3. The zero-order chi connectivity index (χ0) is 14.9. The second-order valence-electron chi connectivity index (χ2n) is 5.15. The fourth-order valence-corrected chi connectivity index (χ4v) is 2.51. The Kier molecular flexibility index (Phi) is 6.19. The first-order valence-corrected chi connectivity index (χ1v) is 7.68. The number of urea groups is 1. The van der Waals surface area contributed by atoms with Crippen LogP contribution < -0.4 is 20.1 Å². The molecule has 1 aromatic carbocycles. The molecule has 5 nitrogen and oxygen atoms in total. The monoisotopic (exact) mass is 292 g/mol. The standard InChI is InChI=1S/C16H24N2O3/c1-2-20-14-10-6-7-11-15(14)21-12-17-16(19)18-13-8-4-3-5-9-13/h6-7,10-11,13H,2-5,8-9,12H2,1H3,(H2,17,18,19). The fourth-order valence-electron chi connectivity index (χ4n) is 2.51. The molecule has 1 aromatic rings. The largest absolute Gasteiger partial charge is 0.490 e. The van der Waals surface area contributed by atoms with E-state index < -0.39 is 0 Å². The molecule has 0 aromatic heterocycles. The molecule has 5 heteroatoms. The first-order valence-electron chi connectivity index (χ1n) is 7.68. The second kappa shape index (κ2) is 8.39. The van der Waals surface area contributed by atoms with Gasteiger partial charge in [-0.05, 0) is 31.9 Å². The van der Waals surface area contributed by atoms with Crippen LogP contribution in [0.3, 0.4) is 0 Å². The summed E-state index contributed by atoms with van der Waals surface area (Å²) in [5, 5.41) is 5.70. The van der Waals surface area contributed by atoms with E-state index in [0.717, 1.165) is 12.8 Å². The van der Waals surface area contributed by atoms with Crippen molar-refractivity contribution >= 4 is 6.03 Å². The Morgan fingerprint density at radius 1 is 1.14 bits per heavy atom. The van der Waals surface area contributed by atoms with Crippen molar-refractivity contribution in [2.45, 2.75) is 45.1 Å². The predicted molar refractivity (Wildman–Crippen MR) is 81.6 cm³/mol. The third-order valence-corrected chi connectivity index (χ3v) is 3.55. The van der Waals surface area contributed by atoms with Gasteiger partial charge in [-0.3, -0.25) is 0 Å². The SMILES string of the molecule is CCOc1ccccc1OCNC(=O)NC1CCCCC1. The lowest BCUT2D eigenvalue weighted by molar-refractivity contribution is 0.213. The van der Waals surface area contributed by atoms with Crippen molar-refractivity contribution in [3.05, 3.63) is 24.3 Å². The van der Waals surface area contributed by atoms with Gasteiger partial charge in [-0.2, -0.15) is 0 Å². The number of carbonyl (C=O) groups excluding carboxylic acids is 1. The average molecular weight is 292 g/mol. The van der Waals surface area contributed by atoms with Gasteiger partial charge in [-0.1, -0.05) is 31.4 Å². The quantitative estimate of drug-likeness (QED) is 0.792. The van der Waals surface area contributed by atoms with Gasteiger partial charge in [0.15, 0.2) is 18.2 Å². The molecule has 1 saturated carbocycles. The highest BCUT2D eigenvalue weighted by atomic mass is 16.5. The van der Waals surface area contributed by atoms with Crippen LogP contribution in [-0.4, -0.2) is 25.4 Å². The van der Waals surface area contributed by atoms with Crippen LogP contribution in [0.15, 0.2) is 24.3 Å². The van der Waals surface area contributed by atoms with Gasteiger partial charge in [0.25, 0.3) is 0 Å². The third kappa shape index (κ3) is 5.17. The highest BCUT2D eigenvalue weighted by Gasteiger charge is 2.15. The smallest absolute Gasteiger partial charge is 0.317 e. The Hall–Kier alpha value is -1.91. The molecule has 0 saturated heterocycles. The zero-order valence-corrected chi connectivity index (χ0v) is 12.6. The molecule has 1 fully saturated rings. The lowest BCUT2D eigenvalue weighted by atomic mass is 9.96. The van der Waals surface area contributed by atoms with Crippen LogP contribution in [0.2, 0.25) is 0 Å². The minimum Gasteiger partial charge on any atom is -0.490 e. The van der Waals surface area contributed by atoms with Crippen molar-refractivity contribution in [3.63, 3.8) is 0 Å². The van der Waals surface area contributed by atoms with E-state index in [2.05, 4.69) is 10.6 Å². The number of nitrogens with one attached hydrogen (secondary N) is 2. The summed E-state index contributed by atoms with van der Waals surface area (Å²) in [7, 11) is 0. The van der Waals surface area contributed by atoms with Crippen LogP contribution in [0.4, 0.5) is 4.79 Å². The molecule has 0 aliphatic heterocycles. The summed E-state index contributed by atoms with van der Waals surface area (Å²) in [5.74, 6) is 1.33. The number of rotatable bonds is 6. The van der Waals surface area contributed by atoms with E-state index in [0.29, 0.717) is 24.1 Å². The van der Waals surface area contributed by atoms with Gasteiger partial charge >= 0.3 is 6.03 Å². The van der Waals surface area contributed by atoms with Gasteiger partial charge in [0, 0.05) is 6.04 Å². The van der Waals surface area contributed by atoms with E-state index in [1.54, 1.807) is 0 Å². The molecule has 2 amide bonds. The summed E-state index contributed by atoms with van der Waals surface area (Å²) < 4.78 is 11.0. The van der Waals surface area contributed by atoms with E-state index in [9.17, 15) is 4.79 Å². The maximum absolute atomic E-state index is 11.8. The van der Waals surface area contributed by atoms with Crippen LogP contribution >= 0.6 is 0 Å². The normalized spacial score (nSPS) is 15.3. The molecule has 0 bridgehead atoms. The van der Waals surface area contributed by atoms with Crippen molar-refractivity contribution in [1.82, 2.24) is 10.6 Å². The number of carbonyl (C=O) groups is 1. The highest BCUT2D eigenvalue weighted by molar-refractivity contribution is 5.74. The molecular formula is C16H24N2O3. The molecule has 0 radical (unpaired) electrons. The van der Waals surface area contributed by atoms with Gasteiger partial charge in [0.2, 0.25) is 0 Å². The van der Waals surface area contributed by atoms with Crippen LogP contribution in [0.25, 0.3) is 0 Å². The predicted octanol–water partition coefficient (Wildman–Crippen LogP) is 3.05. The third-order valence-electron chi connectivity index (χ3n) is 3.55. The Morgan fingerprint density at radius 2 is 1.81 bits per heavy atom. The minimum atomic E-state index is -0.171.